The van der Waals surface area contributed by atoms with E-state index in [2.05, 4.69) is 5.43 Å². The van der Waals surface area contributed by atoms with Gasteiger partial charge in [-0.15, -0.1) is 0 Å². The number of hydrogen-bond donors (Lipinski definition) is 1. The largest absolute Gasteiger partial charge is 0.443 e. The molecule has 1 N–H and O–H groups in total. The van der Waals surface area contributed by atoms with Crippen LogP contribution in [0.4, 0.5) is 4.79 Å². The van der Waals surface area contributed by atoms with Crippen LogP contribution in [0.2, 0.25) is 0 Å². The van der Waals surface area contributed by atoms with Crippen LogP contribution in [-0.4, -0.2) is 23.1 Å². The lowest BCUT2D eigenvalue weighted by atomic mass is 10.0. The van der Waals surface area contributed by atoms with Crippen molar-refractivity contribution < 1.29 is 14.3 Å². The summed E-state index contributed by atoms with van der Waals surface area (Å²) in [5.41, 5.74) is 4.43. The number of amides is 2. The van der Waals surface area contributed by atoms with Crippen molar-refractivity contribution in [1.29, 1.82) is 0 Å². The van der Waals surface area contributed by atoms with Crippen molar-refractivity contribution >= 4 is 18.1 Å². The zero-order chi connectivity index (χ0) is 16.8. The van der Waals surface area contributed by atoms with Crippen molar-refractivity contribution in [3.8, 4) is 0 Å². The second kappa shape index (κ2) is 7.46. The van der Waals surface area contributed by atoms with Crippen LogP contribution in [0.25, 0.3) is 6.08 Å². The van der Waals surface area contributed by atoms with Crippen molar-refractivity contribution in [3.63, 3.8) is 0 Å². The molecule has 0 aromatic heterocycles. The Labute approximate surface area is 140 Å². The summed E-state index contributed by atoms with van der Waals surface area (Å²) in [5.74, 6) is -0.130. The summed E-state index contributed by atoms with van der Waals surface area (Å²) in [5, 5.41) is 1.30. The molecule has 1 atom stereocenters. The lowest BCUT2D eigenvalue weighted by Crippen LogP contribution is -2.60. The lowest BCUT2D eigenvalue weighted by Gasteiger charge is -2.37. The zero-order valence-electron chi connectivity index (χ0n) is 13.1. The molecule has 5 heteroatoms. The molecule has 2 amide bonds. The first-order valence-corrected chi connectivity index (χ1v) is 7.75. The molecule has 1 saturated heterocycles. The Morgan fingerprint density at radius 3 is 2.46 bits per heavy atom. The number of nitrogens with zero attached hydrogens (tertiary/aromatic N) is 1. The molecular formula is C19H18N2O3. The van der Waals surface area contributed by atoms with Gasteiger partial charge >= 0.3 is 6.09 Å². The number of β-lactam (4-membered cyclic amide) rings is 1. The molecule has 24 heavy (non-hydrogen) atoms. The van der Waals surface area contributed by atoms with Gasteiger partial charge in [-0.1, -0.05) is 72.8 Å². The summed E-state index contributed by atoms with van der Waals surface area (Å²) in [7, 11) is 0. The highest BCUT2D eigenvalue weighted by molar-refractivity contribution is 5.86. The van der Waals surface area contributed by atoms with E-state index in [1.807, 2.05) is 72.8 Å². The summed E-state index contributed by atoms with van der Waals surface area (Å²) in [6.07, 6.45) is 3.57. The Balaban J connectivity index is 1.50. The first-order valence-electron chi connectivity index (χ1n) is 7.75. The lowest BCUT2D eigenvalue weighted by molar-refractivity contribution is -0.147. The van der Waals surface area contributed by atoms with Crippen LogP contribution in [-0.2, 0) is 16.1 Å². The molecule has 1 heterocycles. The van der Waals surface area contributed by atoms with Gasteiger partial charge in [0.25, 0.3) is 0 Å². The first-order chi connectivity index (χ1) is 11.7. The number of ether oxygens (including phenoxy) is 1. The number of hydrogen-bond acceptors (Lipinski definition) is 3. The average molecular weight is 322 g/mol. The van der Waals surface area contributed by atoms with Gasteiger partial charge in [-0.05, 0) is 11.1 Å². The number of carbonyl (C=O) groups is 2. The third-order valence-electron chi connectivity index (χ3n) is 3.72. The van der Waals surface area contributed by atoms with Gasteiger partial charge in [0.2, 0.25) is 5.91 Å². The van der Waals surface area contributed by atoms with Gasteiger partial charge in [0.05, 0.1) is 12.5 Å². The molecule has 5 nitrogen and oxygen atoms in total. The summed E-state index contributed by atoms with van der Waals surface area (Å²) in [6.45, 7) is 0.166. The van der Waals surface area contributed by atoms with E-state index in [1.54, 1.807) is 0 Å². The Bertz CT molecular complexity index is 729. The van der Waals surface area contributed by atoms with Crippen LogP contribution >= 0.6 is 0 Å². The first kappa shape index (κ1) is 15.8. The molecule has 1 fully saturated rings. The molecule has 0 aliphatic carbocycles. The highest BCUT2D eigenvalue weighted by atomic mass is 16.6. The highest BCUT2D eigenvalue weighted by Gasteiger charge is 2.36. The van der Waals surface area contributed by atoms with E-state index in [0.29, 0.717) is 6.42 Å². The highest BCUT2D eigenvalue weighted by Crippen LogP contribution is 2.19. The molecule has 0 radical (unpaired) electrons. The molecular weight excluding hydrogens is 304 g/mol. The van der Waals surface area contributed by atoms with Gasteiger partial charge in [0.1, 0.15) is 6.61 Å². The number of hydrazine groups is 1. The van der Waals surface area contributed by atoms with E-state index < -0.39 is 6.09 Å². The van der Waals surface area contributed by atoms with Gasteiger partial charge in [0, 0.05) is 0 Å². The van der Waals surface area contributed by atoms with Crippen molar-refractivity contribution in [3.05, 3.63) is 77.9 Å². The van der Waals surface area contributed by atoms with E-state index in [0.717, 1.165) is 11.1 Å². The van der Waals surface area contributed by atoms with E-state index in [1.165, 1.54) is 5.01 Å². The van der Waals surface area contributed by atoms with Crippen molar-refractivity contribution in [2.24, 2.45) is 0 Å². The molecule has 3 rings (SSSR count). The monoisotopic (exact) mass is 322 g/mol. The fraction of sp³-hybridized carbons (Fsp3) is 0.158. The van der Waals surface area contributed by atoms with E-state index >= 15 is 0 Å². The van der Waals surface area contributed by atoms with Crippen LogP contribution in [0.3, 0.4) is 0 Å². The summed E-state index contributed by atoms with van der Waals surface area (Å²) >= 11 is 0. The van der Waals surface area contributed by atoms with Gasteiger partial charge in [0.15, 0.2) is 0 Å². The van der Waals surface area contributed by atoms with Crippen LogP contribution < -0.4 is 5.43 Å². The number of nitrogens with one attached hydrogen (secondary N) is 1. The minimum absolute atomic E-state index is 0.130. The number of rotatable bonds is 5. The molecule has 122 valence electrons. The van der Waals surface area contributed by atoms with Crippen LogP contribution in [0.5, 0.6) is 0 Å². The Hall–Kier alpha value is -3.08. The van der Waals surface area contributed by atoms with Crippen molar-refractivity contribution in [2.75, 3.05) is 0 Å². The number of benzene rings is 2. The molecule has 1 aliphatic rings. The van der Waals surface area contributed by atoms with Gasteiger partial charge < -0.3 is 4.74 Å². The SMILES string of the molecule is O=C(NN1C(=O)CC1/C=C/c1ccccc1)OCc1ccccc1. The van der Waals surface area contributed by atoms with Crippen LogP contribution in [0.15, 0.2) is 66.7 Å². The maximum absolute atomic E-state index is 11.8. The van der Waals surface area contributed by atoms with Crippen LogP contribution in [0.1, 0.15) is 17.5 Å². The fourth-order valence-corrected chi connectivity index (χ4v) is 2.38. The second-order valence-corrected chi connectivity index (χ2v) is 5.48. The minimum atomic E-state index is -0.634. The Morgan fingerprint density at radius 2 is 1.79 bits per heavy atom. The van der Waals surface area contributed by atoms with Gasteiger partial charge in [-0.2, -0.15) is 0 Å². The molecule has 1 aliphatic heterocycles. The van der Waals surface area contributed by atoms with E-state index in [-0.39, 0.29) is 18.6 Å². The maximum atomic E-state index is 11.8. The van der Waals surface area contributed by atoms with Gasteiger partial charge in [-0.25, -0.2) is 15.2 Å². The Morgan fingerprint density at radius 1 is 1.12 bits per heavy atom. The predicted octanol–water partition coefficient (Wildman–Crippen LogP) is 3.14. The molecule has 1 unspecified atom stereocenters. The van der Waals surface area contributed by atoms with Crippen molar-refractivity contribution in [2.45, 2.75) is 19.1 Å². The topological polar surface area (TPSA) is 58.6 Å². The molecule has 2 aromatic rings. The second-order valence-electron chi connectivity index (χ2n) is 5.48. The van der Waals surface area contributed by atoms with E-state index in [9.17, 15) is 9.59 Å². The van der Waals surface area contributed by atoms with Crippen LogP contribution in [0, 0.1) is 0 Å². The van der Waals surface area contributed by atoms with Gasteiger partial charge in [-0.3, -0.25) is 4.79 Å². The van der Waals surface area contributed by atoms with Crippen molar-refractivity contribution in [1.82, 2.24) is 10.4 Å². The molecule has 2 aromatic carbocycles. The fourth-order valence-electron chi connectivity index (χ4n) is 2.38. The normalized spacial score (nSPS) is 16.8. The van der Waals surface area contributed by atoms with E-state index in [4.69, 9.17) is 4.74 Å². The summed E-state index contributed by atoms with van der Waals surface area (Å²) < 4.78 is 5.13. The summed E-state index contributed by atoms with van der Waals surface area (Å²) in [6, 6.07) is 19.0. The molecule has 0 spiro atoms. The maximum Gasteiger partial charge on any atom is 0.426 e. The molecule has 0 saturated carbocycles. The standard InChI is InChI=1S/C19H18N2O3/c22-18-13-17(12-11-15-7-3-1-4-8-15)21(18)20-19(23)24-14-16-9-5-2-6-10-16/h1-12,17H,13-14H2,(H,20,23)/b12-11+. The summed E-state index contributed by atoms with van der Waals surface area (Å²) in [4.78, 5) is 23.5. The quantitative estimate of drug-likeness (QED) is 0.860. The predicted molar refractivity (Wildman–Crippen MR) is 90.5 cm³/mol. The zero-order valence-corrected chi connectivity index (χ0v) is 13.1. The third kappa shape index (κ3) is 4.01. The number of carbonyl (C=O) groups excluding carboxylic acids is 2. The molecule has 0 bridgehead atoms. The minimum Gasteiger partial charge on any atom is -0.443 e. The third-order valence-corrected chi connectivity index (χ3v) is 3.72. The smallest absolute Gasteiger partial charge is 0.426 e. The average Bonchev–Trinajstić information content (AvgIpc) is 2.63. The Kier molecular flexibility index (Phi) is 4.91.